The topological polar surface area (TPSA) is 98.3 Å². The number of benzene rings is 1. The summed E-state index contributed by atoms with van der Waals surface area (Å²) in [6, 6.07) is 10.9. The van der Waals surface area contributed by atoms with Crippen LogP contribution in [0.15, 0.2) is 58.4 Å². The Labute approximate surface area is 149 Å². The first-order valence-corrected chi connectivity index (χ1v) is 9.73. The van der Waals surface area contributed by atoms with Gasteiger partial charge in [0.1, 0.15) is 4.21 Å². The zero-order valence-electron chi connectivity index (χ0n) is 13.4. The summed E-state index contributed by atoms with van der Waals surface area (Å²) in [5.74, 6) is -0.279. The lowest BCUT2D eigenvalue weighted by Gasteiger charge is -2.15. The fourth-order valence-electron chi connectivity index (χ4n) is 2.31. The summed E-state index contributed by atoms with van der Waals surface area (Å²) in [4.78, 5) is 13.9. The molecule has 9 heteroatoms. The van der Waals surface area contributed by atoms with Crippen molar-refractivity contribution in [1.82, 2.24) is 14.7 Å². The van der Waals surface area contributed by atoms with Gasteiger partial charge in [-0.1, -0.05) is 18.2 Å². The smallest absolute Gasteiger partial charge is 0.254 e. The molecule has 2 N–H and O–H groups in total. The first kappa shape index (κ1) is 17.3. The Hall–Kier alpha value is -2.49. The van der Waals surface area contributed by atoms with Crippen LogP contribution in [0.4, 0.5) is 0 Å². The van der Waals surface area contributed by atoms with E-state index in [9.17, 15) is 13.2 Å². The van der Waals surface area contributed by atoms with Gasteiger partial charge >= 0.3 is 0 Å². The maximum atomic E-state index is 12.4. The third kappa shape index (κ3) is 3.95. The summed E-state index contributed by atoms with van der Waals surface area (Å²) in [5.41, 5.74) is 2.09. The van der Waals surface area contributed by atoms with Gasteiger partial charge in [-0.3, -0.25) is 4.79 Å². The van der Waals surface area contributed by atoms with Gasteiger partial charge in [0.25, 0.3) is 5.91 Å². The van der Waals surface area contributed by atoms with Crippen molar-refractivity contribution >= 4 is 27.3 Å². The van der Waals surface area contributed by atoms with E-state index in [4.69, 9.17) is 5.14 Å². The average Bonchev–Trinajstić information content (AvgIpc) is 3.24. The van der Waals surface area contributed by atoms with Crippen molar-refractivity contribution in [3.05, 3.63) is 65.3 Å². The molecular formula is C16H16N4O3S2. The number of primary sulfonamides is 1. The van der Waals surface area contributed by atoms with Gasteiger partial charge in [0.2, 0.25) is 10.0 Å². The minimum absolute atomic E-state index is 0.0267. The monoisotopic (exact) mass is 376 g/mol. The van der Waals surface area contributed by atoms with Gasteiger partial charge in [-0.15, -0.1) is 11.3 Å². The number of thiophene rings is 1. The highest BCUT2D eigenvalue weighted by Gasteiger charge is 2.18. The van der Waals surface area contributed by atoms with Crippen LogP contribution >= 0.6 is 11.3 Å². The van der Waals surface area contributed by atoms with Crippen LogP contribution in [0.2, 0.25) is 0 Å². The van der Waals surface area contributed by atoms with E-state index in [1.54, 1.807) is 17.9 Å². The fraction of sp³-hybridized carbons (Fsp3) is 0.125. The molecule has 0 radical (unpaired) electrons. The van der Waals surface area contributed by atoms with Crippen LogP contribution in [0.1, 0.15) is 15.9 Å². The number of rotatable bonds is 5. The second kappa shape index (κ2) is 6.79. The molecule has 7 nitrogen and oxygen atoms in total. The maximum absolute atomic E-state index is 12.4. The number of amides is 1. The van der Waals surface area contributed by atoms with Gasteiger partial charge in [0, 0.05) is 30.7 Å². The zero-order valence-corrected chi connectivity index (χ0v) is 15.0. The van der Waals surface area contributed by atoms with Gasteiger partial charge < -0.3 is 4.90 Å². The summed E-state index contributed by atoms with van der Waals surface area (Å²) < 4.78 is 24.3. The number of carbonyl (C=O) groups is 1. The Morgan fingerprint density at radius 3 is 2.68 bits per heavy atom. The van der Waals surface area contributed by atoms with E-state index >= 15 is 0 Å². The van der Waals surface area contributed by atoms with Crippen LogP contribution in [0.5, 0.6) is 0 Å². The molecule has 3 rings (SSSR count). The Morgan fingerprint density at radius 1 is 1.32 bits per heavy atom. The number of hydrogen-bond acceptors (Lipinski definition) is 5. The third-order valence-corrected chi connectivity index (χ3v) is 5.91. The predicted molar refractivity (Wildman–Crippen MR) is 95.1 cm³/mol. The largest absolute Gasteiger partial charge is 0.337 e. The van der Waals surface area contributed by atoms with E-state index in [0.29, 0.717) is 12.1 Å². The molecule has 0 unspecified atom stereocenters. The number of carbonyl (C=O) groups excluding carboxylic acids is 1. The number of para-hydroxylation sites is 1. The molecule has 0 fully saturated rings. The zero-order chi connectivity index (χ0) is 18.0. The van der Waals surface area contributed by atoms with E-state index in [1.807, 2.05) is 36.5 Å². The van der Waals surface area contributed by atoms with Crippen LogP contribution in [-0.4, -0.2) is 36.1 Å². The van der Waals surface area contributed by atoms with Gasteiger partial charge in [-0.25, -0.2) is 18.2 Å². The lowest BCUT2D eigenvalue weighted by atomic mass is 10.2. The van der Waals surface area contributed by atoms with E-state index in [2.05, 4.69) is 5.10 Å². The number of nitrogens with zero attached hydrogens (tertiary/aromatic N) is 3. The number of aromatic nitrogens is 2. The highest BCUT2D eigenvalue weighted by Crippen LogP contribution is 2.20. The molecule has 130 valence electrons. The summed E-state index contributed by atoms with van der Waals surface area (Å²) in [7, 11) is -2.14. The first-order chi connectivity index (χ1) is 11.8. The molecule has 0 bridgehead atoms. The molecule has 3 aromatic rings. The molecule has 0 spiro atoms. The molecule has 0 aliphatic carbocycles. The minimum Gasteiger partial charge on any atom is -0.337 e. The lowest BCUT2D eigenvalue weighted by molar-refractivity contribution is 0.0785. The molecule has 1 aromatic carbocycles. The van der Waals surface area contributed by atoms with E-state index in [0.717, 1.165) is 22.6 Å². The van der Waals surface area contributed by atoms with Crippen molar-refractivity contribution in [2.24, 2.45) is 5.14 Å². The molecule has 0 aliphatic heterocycles. The van der Waals surface area contributed by atoms with E-state index in [-0.39, 0.29) is 10.1 Å². The standard InChI is InChI=1S/C16H16N4O3S2/c1-19(16(21)13-7-15(24-11-13)25(17,22)23)9-12-8-18-20(10-12)14-5-3-2-4-6-14/h2-8,10-11H,9H2,1H3,(H2,17,22,23). The summed E-state index contributed by atoms with van der Waals surface area (Å²) >= 11 is 0.933. The Balaban J connectivity index is 1.72. The highest BCUT2D eigenvalue weighted by molar-refractivity contribution is 7.91. The lowest BCUT2D eigenvalue weighted by Crippen LogP contribution is -2.25. The molecule has 25 heavy (non-hydrogen) atoms. The van der Waals surface area contributed by atoms with Crippen molar-refractivity contribution in [2.75, 3.05) is 7.05 Å². The average molecular weight is 376 g/mol. The molecule has 0 atom stereocenters. The molecule has 0 saturated carbocycles. The van der Waals surface area contributed by atoms with Crippen LogP contribution < -0.4 is 5.14 Å². The Bertz CT molecular complexity index is 993. The van der Waals surface area contributed by atoms with E-state index in [1.165, 1.54) is 16.3 Å². The second-order valence-corrected chi connectivity index (χ2v) is 8.19. The Kier molecular flexibility index (Phi) is 4.71. The molecular weight excluding hydrogens is 360 g/mol. The molecule has 1 amide bonds. The number of hydrogen-bond donors (Lipinski definition) is 1. The van der Waals surface area contributed by atoms with Crippen molar-refractivity contribution in [1.29, 1.82) is 0 Å². The fourth-order valence-corrected chi connectivity index (χ4v) is 3.89. The van der Waals surface area contributed by atoms with Crippen molar-refractivity contribution in [3.63, 3.8) is 0 Å². The molecule has 2 aromatic heterocycles. The normalized spacial score (nSPS) is 11.4. The minimum atomic E-state index is -3.79. The maximum Gasteiger partial charge on any atom is 0.254 e. The quantitative estimate of drug-likeness (QED) is 0.735. The first-order valence-electron chi connectivity index (χ1n) is 7.30. The summed E-state index contributed by atoms with van der Waals surface area (Å²) in [6.07, 6.45) is 3.54. The number of nitrogens with two attached hydrogens (primary N) is 1. The van der Waals surface area contributed by atoms with Crippen LogP contribution in [0.3, 0.4) is 0 Å². The SMILES string of the molecule is CN(Cc1cnn(-c2ccccc2)c1)C(=O)c1csc(S(N)(=O)=O)c1. The van der Waals surface area contributed by atoms with Crippen LogP contribution in [-0.2, 0) is 16.6 Å². The van der Waals surface area contributed by atoms with Crippen molar-refractivity contribution < 1.29 is 13.2 Å². The summed E-state index contributed by atoms with van der Waals surface area (Å²) in [6.45, 7) is 0.353. The summed E-state index contributed by atoms with van der Waals surface area (Å²) in [5, 5.41) is 10.9. The third-order valence-electron chi connectivity index (χ3n) is 3.53. The van der Waals surface area contributed by atoms with E-state index < -0.39 is 10.0 Å². The second-order valence-electron chi connectivity index (χ2n) is 5.49. The van der Waals surface area contributed by atoms with Gasteiger partial charge in [0.15, 0.2) is 0 Å². The predicted octanol–water partition coefficient (Wildman–Crippen LogP) is 1.85. The molecule has 2 heterocycles. The van der Waals surface area contributed by atoms with Crippen LogP contribution in [0, 0.1) is 0 Å². The van der Waals surface area contributed by atoms with Crippen LogP contribution in [0.25, 0.3) is 5.69 Å². The molecule has 0 aliphatic rings. The van der Waals surface area contributed by atoms with Crippen molar-refractivity contribution in [3.8, 4) is 5.69 Å². The van der Waals surface area contributed by atoms with Gasteiger partial charge in [-0.05, 0) is 18.2 Å². The highest BCUT2D eigenvalue weighted by atomic mass is 32.2. The van der Waals surface area contributed by atoms with Gasteiger partial charge in [-0.2, -0.15) is 5.10 Å². The number of sulfonamides is 1. The van der Waals surface area contributed by atoms with Gasteiger partial charge in [0.05, 0.1) is 17.4 Å². The van der Waals surface area contributed by atoms with Crippen molar-refractivity contribution in [2.45, 2.75) is 10.8 Å². The molecule has 0 saturated heterocycles. The Morgan fingerprint density at radius 2 is 2.04 bits per heavy atom.